The third-order valence-corrected chi connectivity index (χ3v) is 6.48. The lowest BCUT2D eigenvalue weighted by Crippen LogP contribution is -2.28. The van der Waals surface area contributed by atoms with E-state index >= 15 is 0 Å². The number of carboxylic acids is 1. The van der Waals surface area contributed by atoms with Crippen molar-refractivity contribution >= 4 is 11.9 Å². The number of carbonyl (C=O) groups excluding carboxylic acids is 1. The topological polar surface area (TPSA) is 114 Å². The molecule has 0 saturated heterocycles. The van der Waals surface area contributed by atoms with Crippen molar-refractivity contribution in [3.8, 4) is 5.75 Å². The molecule has 8 nitrogen and oxygen atoms in total. The third-order valence-electron chi connectivity index (χ3n) is 6.48. The van der Waals surface area contributed by atoms with Gasteiger partial charge in [-0.1, -0.05) is 12.1 Å². The van der Waals surface area contributed by atoms with Crippen LogP contribution in [0.4, 0.5) is 0 Å². The van der Waals surface area contributed by atoms with Gasteiger partial charge in [-0.15, -0.1) is 0 Å². The molecule has 1 aromatic carbocycles. The maximum absolute atomic E-state index is 11.9. The molecule has 3 rings (SSSR count). The summed E-state index contributed by atoms with van der Waals surface area (Å²) in [4.78, 5) is 22.3. The first-order valence-electron chi connectivity index (χ1n) is 11.0. The molecule has 4 atom stereocenters. The minimum Gasteiger partial charge on any atom is -0.482 e. The summed E-state index contributed by atoms with van der Waals surface area (Å²) in [5.74, 6) is 1.08. The van der Waals surface area contributed by atoms with Gasteiger partial charge in [-0.3, -0.25) is 5.32 Å². The van der Waals surface area contributed by atoms with Gasteiger partial charge in [0.05, 0.1) is 6.61 Å². The predicted octanol–water partition coefficient (Wildman–Crippen LogP) is 1.77. The van der Waals surface area contributed by atoms with Crippen LogP contribution in [-0.2, 0) is 31.9 Å². The Hall–Kier alpha value is -2.16. The smallest absolute Gasteiger partial charge is 0.344 e. The number of aliphatic hydroxyl groups is 1. The molecule has 1 fully saturated rings. The van der Waals surface area contributed by atoms with Crippen molar-refractivity contribution in [2.45, 2.75) is 44.8 Å². The summed E-state index contributed by atoms with van der Waals surface area (Å²) in [6.45, 7) is -0.568. The number of fused-ring (bicyclic) bond motifs is 2. The van der Waals surface area contributed by atoms with Crippen molar-refractivity contribution in [2.24, 2.45) is 17.8 Å². The summed E-state index contributed by atoms with van der Waals surface area (Å²) in [5.41, 5.74) is 2.48. The number of aliphatic carboxylic acids is 1. The standard InChI is InChI=1S/C23H33NO7/c1-24-21(25)8-7-15-5-6-17-12-19-16(11-18(15)17)3-2-4-20(19)31-14-23(28)30-10-9-29-13-22(26)27/h2-4,15,17-18,21,24-25H,5-14H2,1H3,(H,26,27). The van der Waals surface area contributed by atoms with E-state index in [1.54, 1.807) is 7.05 Å². The summed E-state index contributed by atoms with van der Waals surface area (Å²) in [5, 5.41) is 21.2. The summed E-state index contributed by atoms with van der Waals surface area (Å²) in [6.07, 6.45) is 5.75. The summed E-state index contributed by atoms with van der Waals surface area (Å²) in [7, 11) is 1.78. The Morgan fingerprint density at radius 2 is 2.03 bits per heavy atom. The molecular formula is C23H33NO7. The molecule has 172 valence electrons. The SMILES string of the molecule is CNC(O)CCC1CCC2Cc3c(cccc3OCC(=O)OCCOCC(=O)O)CC12. The summed E-state index contributed by atoms with van der Waals surface area (Å²) in [6, 6.07) is 6.01. The van der Waals surface area contributed by atoms with E-state index in [4.69, 9.17) is 19.3 Å². The average molecular weight is 436 g/mol. The lowest BCUT2D eigenvalue weighted by Gasteiger charge is -2.32. The molecule has 0 amide bonds. The molecule has 31 heavy (non-hydrogen) atoms. The number of carbonyl (C=O) groups is 2. The Labute approximate surface area is 182 Å². The summed E-state index contributed by atoms with van der Waals surface area (Å²) < 4.78 is 15.6. The Morgan fingerprint density at radius 3 is 2.81 bits per heavy atom. The zero-order chi connectivity index (χ0) is 22.2. The highest BCUT2D eigenvalue weighted by Crippen LogP contribution is 2.48. The van der Waals surface area contributed by atoms with Crippen LogP contribution in [0.5, 0.6) is 5.75 Å². The normalized spacial score (nSPS) is 23.0. The number of rotatable bonds is 12. The number of hydrogen-bond acceptors (Lipinski definition) is 7. The largest absolute Gasteiger partial charge is 0.482 e. The van der Waals surface area contributed by atoms with E-state index in [0.717, 1.165) is 31.4 Å². The van der Waals surface area contributed by atoms with Crippen LogP contribution in [0.25, 0.3) is 0 Å². The first-order valence-corrected chi connectivity index (χ1v) is 11.0. The lowest BCUT2D eigenvalue weighted by atomic mass is 9.74. The molecule has 0 bridgehead atoms. The van der Waals surface area contributed by atoms with Crippen LogP contribution in [0.1, 0.15) is 36.8 Å². The van der Waals surface area contributed by atoms with Gasteiger partial charge >= 0.3 is 11.9 Å². The number of nitrogens with one attached hydrogen (secondary N) is 1. The maximum atomic E-state index is 11.9. The van der Waals surface area contributed by atoms with Crippen molar-refractivity contribution in [3.05, 3.63) is 29.3 Å². The molecule has 1 saturated carbocycles. The maximum Gasteiger partial charge on any atom is 0.344 e. The number of aliphatic hydroxyl groups excluding tert-OH is 1. The fourth-order valence-corrected chi connectivity index (χ4v) is 4.94. The Morgan fingerprint density at radius 1 is 1.19 bits per heavy atom. The quantitative estimate of drug-likeness (QED) is 0.259. The van der Waals surface area contributed by atoms with Crippen LogP contribution in [0, 0.1) is 17.8 Å². The Bertz CT molecular complexity index is 753. The number of benzene rings is 1. The van der Waals surface area contributed by atoms with Crippen molar-refractivity contribution in [1.82, 2.24) is 5.32 Å². The number of esters is 1. The molecule has 1 aromatic rings. The van der Waals surface area contributed by atoms with Crippen molar-refractivity contribution in [2.75, 3.05) is 33.5 Å². The molecule has 4 unspecified atom stereocenters. The second-order valence-corrected chi connectivity index (χ2v) is 8.40. The van der Waals surface area contributed by atoms with E-state index in [0.29, 0.717) is 17.8 Å². The van der Waals surface area contributed by atoms with Crippen LogP contribution in [0.2, 0.25) is 0 Å². The first-order chi connectivity index (χ1) is 15.0. The van der Waals surface area contributed by atoms with Crippen LogP contribution >= 0.6 is 0 Å². The molecule has 2 aliphatic rings. The van der Waals surface area contributed by atoms with Gasteiger partial charge in [0.25, 0.3) is 0 Å². The number of ether oxygens (including phenoxy) is 3. The zero-order valence-corrected chi connectivity index (χ0v) is 18.0. The fraction of sp³-hybridized carbons (Fsp3) is 0.652. The molecule has 0 aliphatic heterocycles. The monoisotopic (exact) mass is 435 g/mol. The van der Waals surface area contributed by atoms with Gasteiger partial charge < -0.3 is 24.4 Å². The van der Waals surface area contributed by atoms with Gasteiger partial charge in [-0.05, 0) is 80.5 Å². The zero-order valence-electron chi connectivity index (χ0n) is 18.0. The van der Waals surface area contributed by atoms with Crippen molar-refractivity contribution in [3.63, 3.8) is 0 Å². The van der Waals surface area contributed by atoms with Crippen LogP contribution in [0.3, 0.4) is 0 Å². The van der Waals surface area contributed by atoms with E-state index < -0.39 is 24.8 Å². The predicted molar refractivity (Wildman–Crippen MR) is 113 cm³/mol. The van der Waals surface area contributed by atoms with E-state index in [9.17, 15) is 14.7 Å². The second kappa shape index (κ2) is 11.5. The van der Waals surface area contributed by atoms with Crippen molar-refractivity contribution < 1.29 is 34.0 Å². The second-order valence-electron chi connectivity index (χ2n) is 8.40. The average Bonchev–Trinajstić information content (AvgIpc) is 3.15. The Kier molecular flexibility index (Phi) is 8.69. The lowest BCUT2D eigenvalue weighted by molar-refractivity contribution is -0.149. The first kappa shape index (κ1) is 23.5. The van der Waals surface area contributed by atoms with Crippen LogP contribution in [0.15, 0.2) is 18.2 Å². The molecule has 0 heterocycles. The fourth-order valence-electron chi connectivity index (χ4n) is 4.94. The Balaban J connectivity index is 1.50. The summed E-state index contributed by atoms with van der Waals surface area (Å²) >= 11 is 0. The van der Waals surface area contributed by atoms with Crippen LogP contribution in [-0.4, -0.2) is 61.9 Å². The molecule has 8 heteroatoms. The van der Waals surface area contributed by atoms with Gasteiger partial charge in [-0.25, -0.2) is 9.59 Å². The van der Waals surface area contributed by atoms with Crippen molar-refractivity contribution in [1.29, 1.82) is 0 Å². The van der Waals surface area contributed by atoms with Gasteiger partial charge in [-0.2, -0.15) is 0 Å². The number of hydrogen-bond donors (Lipinski definition) is 3. The number of carboxylic acid groups (broad SMARTS) is 1. The molecule has 3 N–H and O–H groups in total. The highest BCUT2D eigenvalue weighted by atomic mass is 16.6. The third kappa shape index (κ3) is 6.66. The molecule has 0 aromatic heterocycles. The van der Waals surface area contributed by atoms with Gasteiger partial charge in [0.2, 0.25) is 0 Å². The molecule has 2 aliphatic carbocycles. The van der Waals surface area contributed by atoms with E-state index in [-0.39, 0.29) is 19.8 Å². The van der Waals surface area contributed by atoms with E-state index in [1.165, 1.54) is 24.0 Å². The molecular weight excluding hydrogens is 402 g/mol. The van der Waals surface area contributed by atoms with Crippen LogP contribution < -0.4 is 10.1 Å². The van der Waals surface area contributed by atoms with E-state index in [2.05, 4.69) is 11.4 Å². The van der Waals surface area contributed by atoms with Gasteiger partial charge in [0.1, 0.15) is 25.2 Å². The van der Waals surface area contributed by atoms with Gasteiger partial charge in [0, 0.05) is 0 Å². The molecule has 0 radical (unpaired) electrons. The van der Waals surface area contributed by atoms with Gasteiger partial charge in [0.15, 0.2) is 6.61 Å². The van der Waals surface area contributed by atoms with E-state index in [1.807, 2.05) is 12.1 Å². The minimum atomic E-state index is -1.06. The minimum absolute atomic E-state index is 0.00421. The highest BCUT2D eigenvalue weighted by molar-refractivity contribution is 5.71. The molecule has 0 spiro atoms. The highest BCUT2D eigenvalue weighted by Gasteiger charge is 2.39.